The molecule has 0 aliphatic carbocycles. The van der Waals surface area contributed by atoms with E-state index in [1.165, 1.54) is 0 Å². The van der Waals surface area contributed by atoms with Crippen molar-refractivity contribution in [2.24, 2.45) is 0 Å². The van der Waals surface area contributed by atoms with Crippen LogP contribution >= 0.6 is 15.9 Å². The molecule has 1 aliphatic rings. The maximum atomic E-state index is 14.3. The van der Waals surface area contributed by atoms with Gasteiger partial charge in [-0.3, -0.25) is 4.79 Å². The number of nitrogens with one attached hydrogen (secondary N) is 2. The second kappa shape index (κ2) is 8.25. The van der Waals surface area contributed by atoms with Crippen LogP contribution in [-0.2, 0) is 20.9 Å². The number of anilines is 1. The molecule has 1 saturated heterocycles. The molecule has 0 radical (unpaired) electrons. The Kier molecular flexibility index (Phi) is 6.45. The van der Waals surface area contributed by atoms with Crippen LogP contribution in [0.4, 0.5) is 23.2 Å². The Morgan fingerprint density at radius 3 is 2.45 bits per heavy atom. The van der Waals surface area contributed by atoms with E-state index in [-0.39, 0.29) is 23.4 Å². The van der Waals surface area contributed by atoms with E-state index in [9.17, 15) is 30.8 Å². The van der Waals surface area contributed by atoms with Crippen molar-refractivity contribution < 1.29 is 35.5 Å². The van der Waals surface area contributed by atoms with Crippen LogP contribution in [0.5, 0.6) is 0 Å². The number of hydrogen-bond acceptors (Lipinski definition) is 4. The van der Waals surface area contributed by atoms with E-state index >= 15 is 0 Å². The average Bonchev–Trinajstić information content (AvgIpc) is 2.59. The number of hydrogen-bond donors (Lipinski definition) is 2. The minimum Gasteiger partial charge on any atom is -0.377 e. The maximum absolute atomic E-state index is 14.3. The number of ether oxygens (including phenoxy) is 1. The van der Waals surface area contributed by atoms with E-state index in [0.29, 0.717) is 6.07 Å². The topological polar surface area (TPSA) is 84.5 Å². The molecule has 2 aromatic rings. The van der Waals surface area contributed by atoms with Gasteiger partial charge in [-0.2, -0.15) is 25.3 Å². The van der Waals surface area contributed by atoms with E-state index in [1.54, 1.807) is 6.92 Å². The molecule has 1 heterocycles. The van der Waals surface area contributed by atoms with E-state index in [2.05, 4.69) is 26.0 Å². The van der Waals surface area contributed by atoms with Crippen LogP contribution in [-0.4, -0.2) is 33.1 Å². The first kappa shape index (κ1) is 24.3. The minimum atomic E-state index is -4.69. The smallest absolute Gasteiger partial charge is 0.377 e. The van der Waals surface area contributed by atoms with Gasteiger partial charge in [-0.1, -0.05) is 11.3 Å². The van der Waals surface area contributed by atoms with E-state index in [4.69, 9.17) is 4.74 Å². The molecule has 0 saturated carbocycles. The molecule has 174 valence electrons. The van der Waals surface area contributed by atoms with Crippen LogP contribution in [0.3, 0.4) is 0 Å². The van der Waals surface area contributed by atoms with Gasteiger partial charge in [0.25, 0.3) is 5.91 Å². The number of rotatable bonds is 5. The molecule has 6 nitrogen and oxygen atoms in total. The van der Waals surface area contributed by atoms with E-state index in [1.807, 2.05) is 6.07 Å². The van der Waals surface area contributed by atoms with Crippen molar-refractivity contribution in [3.05, 3.63) is 57.8 Å². The van der Waals surface area contributed by atoms with Gasteiger partial charge in [0, 0.05) is 0 Å². The summed E-state index contributed by atoms with van der Waals surface area (Å²) in [6.45, 7) is 1.90. The summed E-state index contributed by atoms with van der Waals surface area (Å²) in [6.07, 6.45) is -4.69. The minimum absolute atomic E-state index is 0. The normalized spacial score (nSPS) is 15.5. The Labute approximate surface area is 177 Å². The fraction of sp³-hybridized carbons (Fsp3) is 0.278. The van der Waals surface area contributed by atoms with Crippen molar-refractivity contribution >= 4 is 37.5 Å². The van der Waals surface area contributed by atoms with Crippen molar-refractivity contribution in [3.63, 3.8) is 0 Å². The Balaban J connectivity index is 0.00000341. The Bertz CT molecular complexity index is 1110. The molecule has 1 fully saturated rings. The molecule has 0 unspecified atom stereocenters. The summed E-state index contributed by atoms with van der Waals surface area (Å²) in [4.78, 5) is 12.1. The van der Waals surface area contributed by atoms with Gasteiger partial charge >= 0.3 is 6.18 Å². The molecule has 0 spiro atoms. The largest absolute Gasteiger partial charge is 0.394 e. The summed E-state index contributed by atoms with van der Waals surface area (Å²) in [6, 6.07) is 6.47. The number of alkyl halides is 3. The predicted octanol–water partition coefficient (Wildman–Crippen LogP) is 3.73. The van der Waals surface area contributed by atoms with Crippen LogP contribution in [0.2, 0.25) is 0 Å². The fourth-order valence-electron chi connectivity index (χ4n) is 2.70. The number of benzene rings is 2. The van der Waals surface area contributed by atoms with Crippen molar-refractivity contribution in [3.8, 4) is 0 Å². The molecular formula is C18H14BrF4FmN2O4S-. The quantitative estimate of drug-likeness (QED) is 0.360. The summed E-state index contributed by atoms with van der Waals surface area (Å²) >= 11 is 2.94. The zero-order valence-corrected chi connectivity index (χ0v) is 20.3. The third-order valence-electron chi connectivity index (χ3n) is 4.16. The molecule has 13 heteroatoms. The molecular weight excluding hydrogens is 753 g/mol. The molecule has 31 heavy (non-hydrogen) atoms. The summed E-state index contributed by atoms with van der Waals surface area (Å²) < 4.78 is 85.2. The van der Waals surface area contributed by atoms with Gasteiger partial charge in [0.05, 0.1) is 33.7 Å². The van der Waals surface area contributed by atoms with Crippen molar-refractivity contribution in [2.75, 3.05) is 18.5 Å². The Hall–Kier alpha value is -3.02. The number of halogens is 5. The first-order valence-electron chi connectivity index (χ1n) is 8.32. The first-order valence-corrected chi connectivity index (χ1v) is 10.6. The molecule has 2 N–H and O–H groups in total. The average molecular weight is 767 g/mol. The second-order valence-corrected chi connectivity index (χ2v) is 9.28. The summed E-state index contributed by atoms with van der Waals surface area (Å²) in [7, 11) is -4.16. The standard InChI is InChI=1S/C18H14BrF4N2O4S.Fm/c1-17(8-29-9-17)25-30(27,28)13-6-5-12(20)14(15(13)19)16(26)24-11-4-2-3-10(7-11)18(21,22)23;/h2,4-7,25H,8-9H2,1H3,(H,24,26);/q-1;. The van der Waals surface area contributed by atoms with Gasteiger partial charge in [0.15, 0.2) is 0 Å². The molecule has 3 rings (SSSR count). The molecule has 1 aliphatic heterocycles. The van der Waals surface area contributed by atoms with Gasteiger partial charge in [-0.15, -0.1) is 12.1 Å². The van der Waals surface area contributed by atoms with Crippen LogP contribution in [0.25, 0.3) is 0 Å². The zero-order valence-electron chi connectivity index (χ0n) is 15.5. The Morgan fingerprint density at radius 1 is 1.26 bits per heavy atom. The van der Waals surface area contributed by atoms with E-state index in [0.717, 1.165) is 24.3 Å². The molecule has 0 bridgehead atoms. The predicted molar refractivity (Wildman–Crippen MR) is 102 cm³/mol. The van der Waals surface area contributed by atoms with Gasteiger partial charge in [-0.25, -0.2) is 17.5 Å². The van der Waals surface area contributed by atoms with Crippen molar-refractivity contribution in [2.45, 2.75) is 23.5 Å². The molecule has 2 aromatic carbocycles. The fourth-order valence-corrected chi connectivity index (χ4v) is 5.30. The first-order chi connectivity index (χ1) is 13.8. The SMILES string of the molecule is CC1(NS(=O)(=O)c2ccc(F)c(C(=O)Nc3cc[c-]c(C(F)(F)F)c3)c2Br)COC1.[Fm]. The van der Waals surface area contributed by atoms with Crippen molar-refractivity contribution in [1.29, 1.82) is 0 Å². The third-order valence-corrected chi connectivity index (χ3v) is 6.93. The van der Waals surface area contributed by atoms with Crippen LogP contribution in [0, 0.1) is 11.9 Å². The number of carbonyl (C=O) groups excluding carboxylic acids is 1. The van der Waals surface area contributed by atoms with Crippen LogP contribution in [0.15, 0.2) is 39.7 Å². The molecule has 0 aromatic heterocycles. The van der Waals surface area contributed by atoms with Gasteiger partial charge in [0.2, 0.25) is 10.0 Å². The van der Waals surface area contributed by atoms with Gasteiger partial charge in [0.1, 0.15) is 5.82 Å². The summed E-state index contributed by atoms with van der Waals surface area (Å²) in [5.74, 6) is -2.19. The monoisotopic (exact) mass is 766 g/mol. The zero-order chi connectivity index (χ0) is 22.3. The van der Waals surface area contributed by atoms with Crippen LogP contribution in [0.1, 0.15) is 22.8 Å². The van der Waals surface area contributed by atoms with Crippen LogP contribution < -0.4 is 10.0 Å². The number of carbonyl (C=O) groups is 1. The number of sulfonamides is 1. The number of amides is 1. The van der Waals surface area contributed by atoms with Gasteiger partial charge < -0.3 is 10.1 Å². The van der Waals surface area contributed by atoms with E-state index < -0.39 is 49.5 Å². The van der Waals surface area contributed by atoms with Crippen molar-refractivity contribution in [1.82, 2.24) is 4.72 Å². The maximum Gasteiger partial charge on any atom is 0.394 e. The molecule has 1 amide bonds. The summed E-state index contributed by atoms with van der Waals surface area (Å²) in [5.41, 5.74) is -2.91. The van der Waals surface area contributed by atoms with Gasteiger partial charge in [-0.05, 0) is 35.0 Å². The summed E-state index contributed by atoms with van der Waals surface area (Å²) in [5, 5.41) is 2.14. The molecule has 0 atom stereocenters. The Morgan fingerprint density at radius 2 is 1.90 bits per heavy atom. The second-order valence-electron chi connectivity index (χ2n) is 6.84. The third kappa shape index (κ3) is 5.01.